The van der Waals surface area contributed by atoms with Gasteiger partial charge < -0.3 is 19.3 Å². The molecule has 2 fully saturated rings. The van der Waals surface area contributed by atoms with E-state index in [4.69, 9.17) is 32.7 Å². The van der Waals surface area contributed by atoms with Crippen molar-refractivity contribution in [3.63, 3.8) is 0 Å². The number of likely N-dealkylation sites (tertiary alicyclic amines) is 1. The van der Waals surface area contributed by atoms with Gasteiger partial charge in [-0.1, -0.05) is 35.3 Å². The van der Waals surface area contributed by atoms with Crippen molar-refractivity contribution in [2.24, 2.45) is 4.40 Å². The highest BCUT2D eigenvalue weighted by Crippen LogP contribution is 2.57. The maximum absolute atomic E-state index is 14.5. The zero-order valence-corrected chi connectivity index (χ0v) is 25.4. The lowest BCUT2D eigenvalue weighted by atomic mass is 9.83. The number of carbonyl (C=O) groups is 1. The largest absolute Gasteiger partial charge is 0.409 e. The lowest BCUT2D eigenvalue weighted by Gasteiger charge is -2.47. The number of rotatable bonds is 4. The van der Waals surface area contributed by atoms with E-state index < -0.39 is 38.8 Å². The summed E-state index contributed by atoms with van der Waals surface area (Å²) in [5, 5.41) is -0.966. The van der Waals surface area contributed by atoms with Crippen LogP contribution in [0.5, 0.6) is 0 Å². The number of halogens is 6. The molecule has 0 aromatic heterocycles. The van der Waals surface area contributed by atoms with E-state index in [-0.39, 0.29) is 23.8 Å². The Balaban J connectivity index is 1.06. The van der Waals surface area contributed by atoms with E-state index in [2.05, 4.69) is 9.30 Å². The van der Waals surface area contributed by atoms with Gasteiger partial charge in [-0.3, -0.25) is 4.79 Å². The second kappa shape index (κ2) is 10.9. The van der Waals surface area contributed by atoms with Crippen LogP contribution < -0.4 is 4.90 Å². The van der Waals surface area contributed by atoms with Crippen LogP contribution in [0.4, 0.5) is 23.2 Å². The topological polar surface area (TPSA) is 54.4 Å². The minimum absolute atomic E-state index is 0.0837. The summed E-state index contributed by atoms with van der Waals surface area (Å²) in [7, 11) is 0. The number of nitrogens with zero attached hydrogens (tertiary/aromatic N) is 3. The first kappa shape index (κ1) is 29.9. The summed E-state index contributed by atoms with van der Waals surface area (Å²) in [5.74, 6) is -1.05. The number of anilines is 1. The Kier molecular flexibility index (Phi) is 7.40. The molecule has 4 aliphatic heterocycles. The van der Waals surface area contributed by atoms with E-state index in [1.165, 1.54) is 0 Å². The van der Waals surface area contributed by atoms with Gasteiger partial charge in [0, 0.05) is 30.8 Å². The van der Waals surface area contributed by atoms with Gasteiger partial charge in [-0.25, -0.2) is 8.79 Å². The monoisotopic (exact) mass is 665 g/mol. The molecule has 0 radical (unpaired) electrons. The number of amides is 1. The van der Waals surface area contributed by atoms with Crippen LogP contribution in [-0.2, 0) is 26.4 Å². The molecule has 4 aliphatic rings. The molecule has 44 heavy (non-hydrogen) atoms. The van der Waals surface area contributed by atoms with Crippen LogP contribution in [0.25, 0.3) is 0 Å². The normalized spacial score (nSPS) is 22.6. The summed E-state index contributed by atoms with van der Waals surface area (Å²) in [5.41, 5.74) is 3.28. The lowest BCUT2D eigenvalue weighted by molar-refractivity contribution is -0.159. The van der Waals surface area contributed by atoms with Crippen LogP contribution in [-0.4, -0.2) is 62.1 Å². The van der Waals surface area contributed by atoms with Gasteiger partial charge in [0.1, 0.15) is 5.60 Å². The third-order valence-corrected chi connectivity index (χ3v) is 10.5. The third kappa shape index (κ3) is 4.88. The van der Waals surface area contributed by atoms with E-state index in [9.17, 15) is 22.4 Å². The van der Waals surface area contributed by atoms with E-state index in [1.807, 2.05) is 30.3 Å². The van der Waals surface area contributed by atoms with Crippen molar-refractivity contribution in [3.05, 3.63) is 98.3 Å². The lowest BCUT2D eigenvalue weighted by Crippen LogP contribution is -2.61. The van der Waals surface area contributed by atoms with Gasteiger partial charge in [0.2, 0.25) is 0 Å². The molecule has 230 valence electrons. The Morgan fingerprint density at radius 3 is 2.32 bits per heavy atom. The van der Waals surface area contributed by atoms with Gasteiger partial charge in [-0.2, -0.15) is 13.2 Å². The predicted octanol–water partition coefficient (Wildman–Crippen LogP) is 7.15. The molecule has 6 nitrogen and oxygen atoms in total. The molecule has 0 aliphatic carbocycles. The second-order valence-electron chi connectivity index (χ2n) is 11.3. The molecule has 3 aromatic carbocycles. The second-order valence-corrected chi connectivity index (χ2v) is 13.2. The fourth-order valence-corrected chi connectivity index (χ4v) is 7.72. The average molecular weight is 667 g/mol. The molecule has 0 N–H and O–H groups in total. The van der Waals surface area contributed by atoms with E-state index in [1.54, 1.807) is 17.0 Å². The summed E-state index contributed by atoms with van der Waals surface area (Å²) >= 11 is 12.1. The predicted molar refractivity (Wildman–Crippen MR) is 161 cm³/mol. The highest BCUT2D eigenvalue weighted by Gasteiger charge is 2.60. The van der Waals surface area contributed by atoms with Crippen molar-refractivity contribution >= 4 is 52.5 Å². The van der Waals surface area contributed by atoms with Crippen LogP contribution in [0.3, 0.4) is 0 Å². The first-order valence-electron chi connectivity index (χ1n) is 14.0. The van der Waals surface area contributed by atoms with Gasteiger partial charge in [0.25, 0.3) is 5.91 Å². The highest BCUT2D eigenvalue weighted by molar-refractivity contribution is 7.99. The summed E-state index contributed by atoms with van der Waals surface area (Å²) in [4.78, 5) is 17.2. The first-order chi connectivity index (χ1) is 21.0. The van der Waals surface area contributed by atoms with E-state index in [0.29, 0.717) is 49.4 Å². The van der Waals surface area contributed by atoms with Crippen molar-refractivity contribution in [1.82, 2.24) is 4.90 Å². The molecular weight excluding hydrogens is 641 g/mol. The highest BCUT2D eigenvalue weighted by atomic mass is 35.5. The van der Waals surface area contributed by atoms with Crippen molar-refractivity contribution in [3.8, 4) is 0 Å². The molecule has 1 spiro atoms. The molecular formula is C31H25Cl2F4N3O3S. The number of morpholine rings is 1. The Labute approximate surface area is 265 Å². The summed E-state index contributed by atoms with van der Waals surface area (Å²) in [6.07, 6.45) is -5.20. The average Bonchev–Trinajstić information content (AvgIpc) is 3.63. The van der Waals surface area contributed by atoms with Crippen LogP contribution in [0.15, 0.2) is 59.0 Å². The van der Waals surface area contributed by atoms with Crippen molar-refractivity contribution in [2.45, 2.75) is 29.6 Å². The Morgan fingerprint density at radius 1 is 0.977 bits per heavy atom. The molecule has 4 heterocycles. The molecule has 13 heteroatoms. The first-order valence-corrected chi connectivity index (χ1v) is 15.5. The SMILES string of the molecule is O=C(c1ccc(N2CCOCC2)cc1)N1CC2(C1)OCc1cc(C3=NSC(c4cc(Cl)c(F)c(Cl)c4)(C(F)(F)F)C3)ccc12. The fourth-order valence-electron chi connectivity index (χ4n) is 6.27. The smallest absolute Gasteiger partial charge is 0.378 e. The van der Waals surface area contributed by atoms with Crippen LogP contribution in [0.2, 0.25) is 10.0 Å². The summed E-state index contributed by atoms with van der Waals surface area (Å²) < 4.78 is 70.9. The van der Waals surface area contributed by atoms with Gasteiger partial charge in [-0.05, 0) is 76.7 Å². The van der Waals surface area contributed by atoms with Crippen molar-refractivity contribution in [2.75, 3.05) is 44.3 Å². The number of alkyl halides is 3. The molecule has 0 saturated carbocycles. The van der Waals surface area contributed by atoms with Crippen LogP contribution >= 0.6 is 35.1 Å². The molecule has 2 saturated heterocycles. The number of benzene rings is 3. The molecule has 1 amide bonds. The Bertz CT molecular complexity index is 1650. The standard InChI is InChI=1S/C31H25Cl2F4N3O3S/c32-24-12-21(13-25(33)27(24)34)30(31(35,36)37)14-26(38-44-30)19-3-6-23-20(11-19)15-43-29(23)16-40(17-29)28(41)18-1-4-22(5-2-18)39-7-9-42-10-8-39/h1-6,11-13H,7-10,14-17H2. The quantitative estimate of drug-likeness (QED) is 0.168. The maximum Gasteiger partial charge on any atom is 0.409 e. The summed E-state index contributed by atoms with van der Waals surface area (Å²) in [6.45, 7) is 4.02. The van der Waals surface area contributed by atoms with Crippen molar-refractivity contribution < 1.29 is 31.8 Å². The van der Waals surface area contributed by atoms with Gasteiger partial charge in [-0.15, -0.1) is 0 Å². The molecule has 7 rings (SSSR count). The maximum atomic E-state index is 14.5. The minimum atomic E-state index is -4.72. The summed E-state index contributed by atoms with van der Waals surface area (Å²) in [6, 6.07) is 14.9. The third-order valence-electron chi connectivity index (χ3n) is 8.74. The van der Waals surface area contributed by atoms with Crippen LogP contribution in [0, 0.1) is 5.82 Å². The molecule has 3 aromatic rings. The van der Waals surface area contributed by atoms with E-state index in [0.717, 1.165) is 42.0 Å². The minimum Gasteiger partial charge on any atom is -0.378 e. The van der Waals surface area contributed by atoms with E-state index >= 15 is 0 Å². The van der Waals surface area contributed by atoms with Crippen LogP contribution in [0.1, 0.15) is 39.0 Å². The Hall–Kier alpha value is -2.83. The molecule has 1 unspecified atom stereocenters. The molecule has 1 atom stereocenters. The zero-order valence-electron chi connectivity index (χ0n) is 23.1. The number of carbonyl (C=O) groups excluding carboxylic acids is 1. The van der Waals surface area contributed by atoms with Gasteiger partial charge in [0.05, 0.1) is 48.7 Å². The number of ether oxygens (including phenoxy) is 2. The molecule has 0 bridgehead atoms. The number of fused-ring (bicyclic) bond motifs is 2. The van der Waals surface area contributed by atoms with Gasteiger partial charge >= 0.3 is 6.18 Å². The zero-order chi connectivity index (χ0) is 30.9. The Morgan fingerprint density at radius 2 is 1.66 bits per heavy atom. The number of hydrogen-bond acceptors (Lipinski definition) is 6. The van der Waals surface area contributed by atoms with Crippen molar-refractivity contribution in [1.29, 1.82) is 0 Å². The number of hydrogen-bond donors (Lipinski definition) is 0. The van der Waals surface area contributed by atoms with Gasteiger partial charge in [0.15, 0.2) is 10.6 Å². The fraction of sp³-hybridized carbons (Fsp3) is 0.355.